The van der Waals surface area contributed by atoms with Gasteiger partial charge in [-0.15, -0.1) is 11.3 Å². The van der Waals surface area contributed by atoms with Crippen molar-refractivity contribution in [1.82, 2.24) is 10.2 Å². The summed E-state index contributed by atoms with van der Waals surface area (Å²) in [7, 11) is -3.57. The second kappa shape index (κ2) is 5.74. The van der Waals surface area contributed by atoms with Crippen LogP contribution in [0, 0.1) is 0 Å². The highest BCUT2D eigenvalue weighted by Crippen LogP contribution is 2.39. The molecule has 0 atom stereocenters. The molecule has 0 unspecified atom stereocenters. The highest BCUT2D eigenvalue weighted by atomic mass is 32.2. The minimum Gasteiger partial charge on any atom is -0.396 e. The van der Waals surface area contributed by atoms with E-state index in [2.05, 4.69) is 15.5 Å². The molecule has 2 heterocycles. The average Bonchev–Trinajstić information content (AvgIpc) is 3.03. The van der Waals surface area contributed by atoms with Crippen LogP contribution >= 0.6 is 11.3 Å². The van der Waals surface area contributed by atoms with Crippen LogP contribution in [0.2, 0.25) is 0 Å². The molecule has 10 heteroatoms. The van der Waals surface area contributed by atoms with E-state index in [0.29, 0.717) is 11.5 Å². The summed E-state index contributed by atoms with van der Waals surface area (Å²) >= 11 is 0.938. The van der Waals surface area contributed by atoms with Gasteiger partial charge < -0.3 is 16.8 Å². The van der Waals surface area contributed by atoms with Crippen molar-refractivity contribution >= 4 is 37.8 Å². The number of amides is 1. The summed E-state index contributed by atoms with van der Waals surface area (Å²) in [6.07, 6.45) is 3.28. The number of carbonyl (C=O) groups excluding carboxylic acids is 1. The highest BCUT2D eigenvalue weighted by molar-refractivity contribution is 7.91. The Labute approximate surface area is 125 Å². The first-order chi connectivity index (χ1) is 9.86. The lowest BCUT2D eigenvalue weighted by Crippen LogP contribution is -2.13. The van der Waals surface area contributed by atoms with Crippen molar-refractivity contribution in [2.75, 3.05) is 16.8 Å². The van der Waals surface area contributed by atoms with E-state index in [4.69, 9.17) is 11.5 Å². The number of nitrogens with one attached hydrogen (secondary N) is 2. The van der Waals surface area contributed by atoms with Crippen molar-refractivity contribution in [1.29, 1.82) is 0 Å². The van der Waals surface area contributed by atoms with Crippen molar-refractivity contribution in [3.63, 3.8) is 0 Å². The first-order valence-electron chi connectivity index (χ1n) is 6.03. The number of aromatic nitrogens is 2. The molecule has 114 valence electrons. The van der Waals surface area contributed by atoms with Crippen LogP contribution in [0.1, 0.15) is 22.2 Å². The van der Waals surface area contributed by atoms with Gasteiger partial charge in [0.25, 0.3) is 5.91 Å². The maximum Gasteiger partial charge on any atom is 0.261 e. The van der Waals surface area contributed by atoms with Gasteiger partial charge in [0, 0.05) is 18.3 Å². The van der Waals surface area contributed by atoms with E-state index >= 15 is 0 Å². The summed E-state index contributed by atoms with van der Waals surface area (Å²) in [5, 5.41) is 9.72. The van der Waals surface area contributed by atoms with Crippen LogP contribution in [0.25, 0.3) is 0 Å². The molecular weight excluding hydrogens is 314 g/mol. The van der Waals surface area contributed by atoms with Gasteiger partial charge in [-0.2, -0.15) is 5.10 Å². The van der Waals surface area contributed by atoms with Crippen LogP contribution < -0.4 is 16.8 Å². The number of nitrogens with two attached hydrogens (primary N) is 2. The fourth-order valence-electron chi connectivity index (χ4n) is 1.74. The lowest BCUT2D eigenvalue weighted by molar-refractivity contribution is 0.100. The molecule has 0 radical (unpaired) electrons. The van der Waals surface area contributed by atoms with Crippen LogP contribution in [-0.4, -0.2) is 30.3 Å². The van der Waals surface area contributed by atoms with Crippen molar-refractivity contribution in [3.05, 3.63) is 22.8 Å². The molecule has 0 aliphatic carbocycles. The summed E-state index contributed by atoms with van der Waals surface area (Å²) in [5.41, 5.74) is 11.8. The number of nitrogen functional groups attached to an aromatic ring is 1. The van der Waals surface area contributed by atoms with E-state index in [1.54, 1.807) is 12.4 Å². The number of nitrogens with zero attached hydrogens (tertiary/aromatic N) is 1. The molecule has 6 N–H and O–H groups in total. The number of carbonyl (C=O) groups is 1. The number of anilines is 2. The van der Waals surface area contributed by atoms with Crippen LogP contribution in [-0.2, 0) is 16.4 Å². The quantitative estimate of drug-likeness (QED) is 0.609. The molecule has 0 bridgehead atoms. The highest BCUT2D eigenvalue weighted by Gasteiger charge is 2.27. The monoisotopic (exact) mass is 329 g/mol. The van der Waals surface area contributed by atoms with Gasteiger partial charge in [0.1, 0.15) is 14.8 Å². The molecule has 0 aromatic carbocycles. The molecule has 0 saturated heterocycles. The number of hydrogen-bond acceptors (Lipinski definition) is 7. The van der Waals surface area contributed by atoms with Gasteiger partial charge in [0.15, 0.2) is 9.84 Å². The number of primary amides is 1. The third kappa shape index (κ3) is 3.00. The zero-order valence-corrected chi connectivity index (χ0v) is 12.8. The predicted molar refractivity (Wildman–Crippen MR) is 80.9 cm³/mol. The zero-order chi connectivity index (χ0) is 15.6. The molecule has 21 heavy (non-hydrogen) atoms. The van der Waals surface area contributed by atoms with Gasteiger partial charge in [-0.3, -0.25) is 9.89 Å². The summed E-state index contributed by atoms with van der Waals surface area (Å²) in [5.74, 6) is -0.867. The van der Waals surface area contributed by atoms with E-state index in [-0.39, 0.29) is 21.2 Å². The van der Waals surface area contributed by atoms with E-state index in [1.807, 2.05) is 0 Å². The van der Waals surface area contributed by atoms with Gasteiger partial charge in [-0.05, 0) is 0 Å². The fourth-order valence-corrected chi connectivity index (χ4v) is 4.25. The number of hydrogen-bond donors (Lipinski definition) is 4. The average molecular weight is 329 g/mol. The molecular formula is C11H15N5O3S2. The maximum absolute atomic E-state index is 12.2. The third-order valence-electron chi connectivity index (χ3n) is 2.82. The van der Waals surface area contributed by atoms with Crippen molar-refractivity contribution in [2.45, 2.75) is 18.4 Å². The largest absolute Gasteiger partial charge is 0.396 e. The van der Waals surface area contributed by atoms with Crippen LogP contribution in [0.3, 0.4) is 0 Å². The number of H-pyrrole nitrogens is 1. The topological polar surface area (TPSA) is 144 Å². The molecule has 0 aliphatic rings. The van der Waals surface area contributed by atoms with Gasteiger partial charge in [0.2, 0.25) is 0 Å². The fraction of sp³-hybridized carbons (Fsp3) is 0.273. The minimum absolute atomic E-state index is 0.0386. The van der Waals surface area contributed by atoms with Crippen LogP contribution in [0.4, 0.5) is 10.7 Å². The number of thiophene rings is 1. The predicted octanol–water partition coefficient (Wildman–Crippen LogP) is 0.558. The normalized spacial score (nSPS) is 11.5. The number of rotatable bonds is 6. The molecule has 8 nitrogen and oxygen atoms in total. The first-order valence-corrected chi connectivity index (χ1v) is 8.50. The summed E-state index contributed by atoms with van der Waals surface area (Å²) in [6.45, 7) is 1.86. The second-order valence-corrected chi connectivity index (χ2v) is 7.47. The molecule has 0 fully saturated rings. The lowest BCUT2D eigenvalue weighted by Gasteiger charge is -2.07. The van der Waals surface area contributed by atoms with E-state index in [0.717, 1.165) is 16.9 Å². The second-order valence-electron chi connectivity index (χ2n) is 4.23. The van der Waals surface area contributed by atoms with Gasteiger partial charge in [-0.1, -0.05) is 6.92 Å². The van der Waals surface area contributed by atoms with Crippen molar-refractivity contribution in [3.8, 4) is 0 Å². The summed E-state index contributed by atoms with van der Waals surface area (Å²) < 4.78 is 24.3. The SMILES string of the molecule is CCS(=O)(=O)c1c(NCc2cn[nH]c2)sc(C(N)=O)c1N. The minimum atomic E-state index is -3.57. The lowest BCUT2D eigenvalue weighted by atomic mass is 10.3. The molecule has 0 saturated carbocycles. The maximum atomic E-state index is 12.2. The van der Waals surface area contributed by atoms with Crippen molar-refractivity contribution in [2.24, 2.45) is 5.73 Å². The number of sulfone groups is 1. The van der Waals surface area contributed by atoms with E-state index in [1.165, 1.54) is 6.92 Å². The standard InChI is InChI=1S/C11H15N5O3S2/c1-2-21(18,19)9-7(12)8(10(13)17)20-11(9)14-3-6-4-15-16-5-6/h4-5,14H,2-3,12H2,1H3,(H2,13,17)(H,15,16). The first kappa shape index (κ1) is 15.3. The van der Waals surface area contributed by atoms with Gasteiger partial charge in [-0.25, -0.2) is 8.42 Å². The zero-order valence-electron chi connectivity index (χ0n) is 11.2. The van der Waals surface area contributed by atoms with Crippen molar-refractivity contribution < 1.29 is 13.2 Å². The van der Waals surface area contributed by atoms with Crippen LogP contribution in [0.5, 0.6) is 0 Å². The summed E-state index contributed by atoms with van der Waals surface area (Å²) in [6, 6.07) is 0. The Hall–Kier alpha value is -2.07. The third-order valence-corrected chi connectivity index (χ3v) is 5.94. The summed E-state index contributed by atoms with van der Waals surface area (Å²) in [4.78, 5) is 11.3. The van der Waals surface area contributed by atoms with Crippen LogP contribution in [0.15, 0.2) is 17.3 Å². The van der Waals surface area contributed by atoms with E-state index in [9.17, 15) is 13.2 Å². The van der Waals surface area contributed by atoms with Gasteiger partial charge >= 0.3 is 0 Å². The molecule has 2 rings (SSSR count). The smallest absolute Gasteiger partial charge is 0.261 e. The Morgan fingerprint density at radius 2 is 2.24 bits per heavy atom. The van der Waals surface area contributed by atoms with Gasteiger partial charge in [0.05, 0.1) is 17.6 Å². The Kier molecular flexibility index (Phi) is 4.19. The molecule has 1 amide bonds. The Balaban J connectivity index is 2.43. The molecule has 0 aliphatic heterocycles. The molecule has 0 spiro atoms. The Bertz CT molecular complexity index is 749. The number of aromatic amines is 1. The molecule has 2 aromatic heterocycles. The van der Waals surface area contributed by atoms with E-state index < -0.39 is 15.7 Å². The Morgan fingerprint density at radius 1 is 1.52 bits per heavy atom. The molecule has 2 aromatic rings. The Morgan fingerprint density at radius 3 is 2.76 bits per heavy atom.